The van der Waals surface area contributed by atoms with Crippen molar-refractivity contribution in [3.8, 4) is 11.8 Å². The average molecular weight is 282 g/mol. The van der Waals surface area contributed by atoms with E-state index in [2.05, 4.69) is 5.32 Å². The minimum Gasteiger partial charge on any atom is -0.479 e. The number of rotatable bonds is 7. The molecule has 1 unspecified atom stereocenters. The Bertz CT molecular complexity index is 549. The highest BCUT2D eigenvalue weighted by Gasteiger charge is 2.09. The topological polar surface area (TPSA) is 79.2 Å². The van der Waals surface area contributed by atoms with Crippen molar-refractivity contribution in [3.05, 3.63) is 29.8 Å². The molecule has 1 atom stereocenters. The Morgan fingerprint density at radius 1 is 1.47 bits per heavy atom. The van der Waals surface area contributed by atoms with Crippen LogP contribution in [0.3, 0.4) is 0 Å². The number of ether oxygens (including phenoxy) is 1. The zero-order chi connectivity index (χ0) is 14.3. The van der Waals surface area contributed by atoms with E-state index >= 15 is 0 Å². The van der Waals surface area contributed by atoms with Gasteiger partial charge in [0.1, 0.15) is 21.7 Å². The van der Waals surface area contributed by atoms with Gasteiger partial charge in [-0.3, -0.25) is 0 Å². The number of nitriles is 1. The lowest BCUT2D eigenvalue weighted by atomic mass is 10.2. The Hall–Kier alpha value is -1.58. The van der Waals surface area contributed by atoms with Crippen molar-refractivity contribution in [1.29, 1.82) is 5.26 Å². The molecule has 0 aromatic heterocycles. The van der Waals surface area contributed by atoms with E-state index < -0.39 is 9.84 Å². The molecule has 1 rings (SSSR count). The van der Waals surface area contributed by atoms with Gasteiger partial charge in [-0.2, -0.15) is 5.26 Å². The SMILES string of the molecule is CC(CS(C)(=O)=O)NCc1cccc(OCC#N)c1. The minimum absolute atomic E-state index is 0.0152. The van der Waals surface area contributed by atoms with E-state index in [1.54, 1.807) is 6.07 Å². The Balaban J connectivity index is 2.51. The van der Waals surface area contributed by atoms with Crippen molar-refractivity contribution >= 4 is 9.84 Å². The van der Waals surface area contributed by atoms with Gasteiger partial charge in [0.2, 0.25) is 0 Å². The minimum atomic E-state index is -2.97. The molecule has 0 fully saturated rings. The summed E-state index contributed by atoms with van der Waals surface area (Å²) in [4.78, 5) is 0. The summed E-state index contributed by atoms with van der Waals surface area (Å²) in [6, 6.07) is 9.16. The molecule has 0 aliphatic heterocycles. The summed E-state index contributed by atoms with van der Waals surface area (Å²) in [7, 11) is -2.97. The summed E-state index contributed by atoms with van der Waals surface area (Å²) >= 11 is 0. The molecule has 6 heteroatoms. The Morgan fingerprint density at radius 3 is 2.84 bits per heavy atom. The largest absolute Gasteiger partial charge is 0.479 e. The number of nitrogens with zero attached hydrogens (tertiary/aromatic N) is 1. The predicted molar refractivity (Wildman–Crippen MR) is 73.6 cm³/mol. The van der Waals surface area contributed by atoms with E-state index in [1.165, 1.54) is 6.26 Å². The molecule has 0 amide bonds. The van der Waals surface area contributed by atoms with Crippen molar-refractivity contribution in [1.82, 2.24) is 5.32 Å². The lowest BCUT2D eigenvalue weighted by Gasteiger charge is -2.13. The van der Waals surface area contributed by atoms with Crippen molar-refractivity contribution in [3.63, 3.8) is 0 Å². The van der Waals surface area contributed by atoms with Crippen molar-refractivity contribution in [2.24, 2.45) is 0 Å². The van der Waals surface area contributed by atoms with E-state index in [0.29, 0.717) is 12.3 Å². The fourth-order valence-electron chi connectivity index (χ4n) is 1.67. The summed E-state index contributed by atoms with van der Waals surface area (Å²) in [6.45, 7) is 2.40. The summed E-state index contributed by atoms with van der Waals surface area (Å²) in [5.74, 6) is 0.745. The van der Waals surface area contributed by atoms with Gasteiger partial charge in [0.05, 0.1) is 5.75 Å². The standard InChI is InChI=1S/C13H18N2O3S/c1-11(10-19(2,16)17)15-9-12-4-3-5-13(8-12)18-7-6-14/h3-5,8,11,15H,7,9-10H2,1-2H3. The van der Waals surface area contributed by atoms with Gasteiger partial charge in [-0.1, -0.05) is 12.1 Å². The smallest absolute Gasteiger partial charge is 0.174 e. The van der Waals surface area contributed by atoms with Crippen molar-refractivity contribution < 1.29 is 13.2 Å². The van der Waals surface area contributed by atoms with E-state index in [1.807, 2.05) is 31.2 Å². The molecule has 0 spiro atoms. The first-order valence-electron chi connectivity index (χ1n) is 5.90. The molecule has 1 aromatic rings. The maximum atomic E-state index is 11.1. The van der Waals surface area contributed by atoms with E-state index in [-0.39, 0.29) is 18.4 Å². The third-order valence-electron chi connectivity index (χ3n) is 2.41. The maximum absolute atomic E-state index is 11.1. The van der Waals surface area contributed by atoms with Gasteiger partial charge < -0.3 is 10.1 Å². The van der Waals surface area contributed by atoms with Crippen molar-refractivity contribution in [2.45, 2.75) is 19.5 Å². The van der Waals surface area contributed by atoms with Crippen LogP contribution in [-0.4, -0.2) is 33.1 Å². The first-order valence-corrected chi connectivity index (χ1v) is 7.96. The van der Waals surface area contributed by atoms with Crippen LogP contribution >= 0.6 is 0 Å². The molecular formula is C13H18N2O3S. The van der Waals surface area contributed by atoms with Crippen LogP contribution < -0.4 is 10.1 Å². The van der Waals surface area contributed by atoms with Gasteiger partial charge in [-0.25, -0.2) is 8.42 Å². The van der Waals surface area contributed by atoms with Gasteiger partial charge >= 0.3 is 0 Å². The van der Waals surface area contributed by atoms with Crippen LogP contribution in [-0.2, 0) is 16.4 Å². The Morgan fingerprint density at radius 2 is 2.21 bits per heavy atom. The molecule has 0 saturated heterocycles. The average Bonchev–Trinajstić information content (AvgIpc) is 2.32. The molecule has 1 N–H and O–H groups in total. The molecule has 0 aliphatic carbocycles. The van der Waals surface area contributed by atoms with Crippen molar-refractivity contribution in [2.75, 3.05) is 18.6 Å². The fourth-order valence-corrected chi connectivity index (χ4v) is 2.69. The molecule has 5 nitrogen and oxygen atoms in total. The first-order chi connectivity index (χ1) is 8.90. The van der Waals surface area contributed by atoms with Crippen LogP contribution in [0.5, 0.6) is 5.75 Å². The lowest BCUT2D eigenvalue weighted by Crippen LogP contribution is -2.32. The molecule has 1 aromatic carbocycles. The number of hydrogen-bond donors (Lipinski definition) is 1. The van der Waals surface area contributed by atoms with Crippen LogP contribution in [0.4, 0.5) is 0 Å². The van der Waals surface area contributed by atoms with Crippen LogP contribution in [0.25, 0.3) is 0 Å². The second-order valence-corrected chi connectivity index (χ2v) is 6.65. The lowest BCUT2D eigenvalue weighted by molar-refractivity contribution is 0.367. The van der Waals surface area contributed by atoms with Gasteiger partial charge in [-0.05, 0) is 24.6 Å². The van der Waals surface area contributed by atoms with Gasteiger partial charge in [-0.15, -0.1) is 0 Å². The van der Waals surface area contributed by atoms with Gasteiger partial charge in [0, 0.05) is 18.8 Å². The van der Waals surface area contributed by atoms with E-state index in [9.17, 15) is 8.42 Å². The normalized spacial score (nSPS) is 12.7. The molecule has 0 saturated carbocycles. The Kier molecular flexibility index (Phi) is 5.80. The molecule has 0 radical (unpaired) electrons. The summed E-state index contributed by atoms with van der Waals surface area (Å²) in [5, 5.41) is 11.6. The predicted octanol–water partition coefficient (Wildman–Crippen LogP) is 1.11. The highest BCUT2D eigenvalue weighted by Crippen LogP contribution is 2.13. The zero-order valence-electron chi connectivity index (χ0n) is 11.1. The fraction of sp³-hybridized carbons (Fsp3) is 0.462. The third kappa shape index (κ3) is 6.79. The first kappa shape index (κ1) is 15.5. The quantitative estimate of drug-likeness (QED) is 0.810. The molecule has 0 aliphatic rings. The summed E-state index contributed by atoms with van der Waals surface area (Å²) in [6.07, 6.45) is 1.22. The molecule has 104 valence electrons. The second-order valence-electron chi connectivity index (χ2n) is 4.47. The van der Waals surface area contributed by atoms with Crippen LogP contribution in [0, 0.1) is 11.3 Å². The van der Waals surface area contributed by atoms with E-state index in [0.717, 1.165) is 5.56 Å². The molecule has 19 heavy (non-hydrogen) atoms. The van der Waals surface area contributed by atoms with Gasteiger partial charge in [0.15, 0.2) is 6.61 Å². The van der Waals surface area contributed by atoms with E-state index in [4.69, 9.17) is 10.00 Å². The molecule has 0 heterocycles. The number of nitrogens with one attached hydrogen (secondary N) is 1. The van der Waals surface area contributed by atoms with Crippen LogP contribution in [0.2, 0.25) is 0 Å². The van der Waals surface area contributed by atoms with Crippen LogP contribution in [0.1, 0.15) is 12.5 Å². The number of hydrogen-bond acceptors (Lipinski definition) is 5. The molecular weight excluding hydrogens is 264 g/mol. The maximum Gasteiger partial charge on any atom is 0.174 e. The molecule has 0 bridgehead atoms. The second kappa shape index (κ2) is 7.12. The highest BCUT2D eigenvalue weighted by atomic mass is 32.2. The summed E-state index contributed by atoms with van der Waals surface area (Å²) < 4.78 is 27.5. The summed E-state index contributed by atoms with van der Waals surface area (Å²) in [5.41, 5.74) is 0.982. The highest BCUT2D eigenvalue weighted by molar-refractivity contribution is 7.90. The van der Waals surface area contributed by atoms with Crippen LogP contribution in [0.15, 0.2) is 24.3 Å². The number of benzene rings is 1. The third-order valence-corrected chi connectivity index (χ3v) is 3.51. The number of sulfone groups is 1. The monoisotopic (exact) mass is 282 g/mol. The Labute approximate surface area is 114 Å². The zero-order valence-corrected chi connectivity index (χ0v) is 11.9. The van der Waals surface area contributed by atoms with Gasteiger partial charge in [0.25, 0.3) is 0 Å².